The molecule has 1 aliphatic heterocycles. The Hall–Kier alpha value is -3.80. The number of carbonyl (C=O) groups is 1. The Morgan fingerprint density at radius 3 is 2.52 bits per heavy atom. The summed E-state index contributed by atoms with van der Waals surface area (Å²) in [7, 11) is 0. The van der Waals surface area contributed by atoms with Crippen molar-refractivity contribution in [3.63, 3.8) is 0 Å². The molecule has 2 aromatic heterocycles. The van der Waals surface area contributed by atoms with Crippen LogP contribution in [0.25, 0.3) is 22.0 Å². The molecule has 4 aromatic rings. The summed E-state index contributed by atoms with van der Waals surface area (Å²) < 4.78 is 41.1. The molecular formula is C28H28ClF3N6O2. The predicted molar refractivity (Wildman–Crippen MR) is 150 cm³/mol. The van der Waals surface area contributed by atoms with E-state index in [1.54, 1.807) is 29.3 Å². The number of fused-ring (bicyclic) bond motifs is 1. The average molecular weight is 573 g/mol. The van der Waals surface area contributed by atoms with Gasteiger partial charge in [-0.2, -0.15) is 17.9 Å². The number of amides is 2. The Morgan fingerprint density at radius 1 is 1.05 bits per heavy atom. The van der Waals surface area contributed by atoms with Crippen molar-refractivity contribution in [3.8, 4) is 11.1 Å². The Balaban J connectivity index is 1.23. The highest BCUT2D eigenvalue weighted by molar-refractivity contribution is 6.31. The molecule has 3 N–H and O–H groups in total. The third kappa shape index (κ3) is 6.67. The highest BCUT2D eigenvalue weighted by atomic mass is 35.5. The van der Waals surface area contributed by atoms with Crippen molar-refractivity contribution in [2.24, 2.45) is 0 Å². The van der Waals surface area contributed by atoms with Gasteiger partial charge in [0.1, 0.15) is 6.61 Å². The van der Waals surface area contributed by atoms with E-state index in [0.717, 1.165) is 73.3 Å². The molecule has 1 fully saturated rings. The van der Waals surface area contributed by atoms with E-state index in [-0.39, 0.29) is 5.69 Å². The summed E-state index contributed by atoms with van der Waals surface area (Å²) >= 11 is 5.65. The summed E-state index contributed by atoms with van der Waals surface area (Å²) in [5.41, 5.74) is 2.13. The van der Waals surface area contributed by atoms with Crippen LogP contribution in [-0.2, 0) is 6.18 Å². The van der Waals surface area contributed by atoms with E-state index in [2.05, 4.69) is 25.8 Å². The van der Waals surface area contributed by atoms with Gasteiger partial charge in [-0.1, -0.05) is 23.7 Å². The number of benzene rings is 2. The summed E-state index contributed by atoms with van der Waals surface area (Å²) in [6, 6.07) is 11.5. The second-order valence-corrected chi connectivity index (χ2v) is 9.80. The molecule has 5 rings (SSSR count). The molecule has 8 nitrogen and oxygen atoms in total. The van der Waals surface area contributed by atoms with E-state index in [9.17, 15) is 18.0 Å². The van der Waals surface area contributed by atoms with E-state index in [1.165, 1.54) is 6.07 Å². The molecule has 40 heavy (non-hydrogen) atoms. The normalized spacial score (nSPS) is 14.3. The number of rotatable bonds is 8. The van der Waals surface area contributed by atoms with E-state index in [0.29, 0.717) is 12.3 Å². The molecule has 0 unspecified atom stereocenters. The van der Waals surface area contributed by atoms with Crippen LogP contribution in [-0.4, -0.2) is 60.0 Å². The summed E-state index contributed by atoms with van der Waals surface area (Å²) in [5.74, 6) is 0. The van der Waals surface area contributed by atoms with Gasteiger partial charge in [0.05, 0.1) is 22.3 Å². The summed E-state index contributed by atoms with van der Waals surface area (Å²) in [4.78, 5) is 25.2. The van der Waals surface area contributed by atoms with Crippen molar-refractivity contribution >= 4 is 39.9 Å². The smallest absolute Gasteiger partial charge is 0.414 e. The molecule has 1 saturated heterocycles. The maximum absolute atomic E-state index is 13.1. The van der Waals surface area contributed by atoms with Gasteiger partial charge in [0.2, 0.25) is 0 Å². The second kappa shape index (κ2) is 12.2. The number of carbonyl (C=O) groups excluding carboxylic acids is 1. The third-order valence-corrected chi connectivity index (χ3v) is 6.94. The SMILES string of the molecule is O=C(Nc1ccc(-c2cn(OCCCN3CCNCC3)c3ccncc23)cc1)Nc1ccc(Cl)c(C(F)(F)F)c1. The van der Waals surface area contributed by atoms with Crippen molar-refractivity contribution in [2.45, 2.75) is 12.6 Å². The Labute approximate surface area is 234 Å². The number of piperazine rings is 1. The fraction of sp³-hybridized carbons (Fsp3) is 0.286. The van der Waals surface area contributed by atoms with Gasteiger partial charge < -0.3 is 25.7 Å². The maximum Gasteiger partial charge on any atom is 0.417 e. The summed E-state index contributed by atoms with van der Waals surface area (Å²) in [5, 5.41) is 8.88. The van der Waals surface area contributed by atoms with Gasteiger partial charge in [-0.3, -0.25) is 4.98 Å². The predicted octanol–water partition coefficient (Wildman–Crippen LogP) is 5.74. The topological polar surface area (TPSA) is 83.5 Å². The fourth-order valence-corrected chi connectivity index (χ4v) is 4.84. The van der Waals surface area contributed by atoms with Crippen molar-refractivity contribution in [1.82, 2.24) is 19.9 Å². The van der Waals surface area contributed by atoms with Crippen molar-refractivity contribution in [2.75, 3.05) is 50.0 Å². The zero-order chi connectivity index (χ0) is 28.1. The minimum Gasteiger partial charge on any atom is -0.414 e. The van der Waals surface area contributed by atoms with Gasteiger partial charge in [0.25, 0.3) is 0 Å². The second-order valence-electron chi connectivity index (χ2n) is 9.39. The number of halogens is 4. The molecule has 3 heterocycles. The lowest BCUT2D eigenvalue weighted by molar-refractivity contribution is -0.137. The van der Waals surface area contributed by atoms with Crippen molar-refractivity contribution < 1.29 is 22.8 Å². The van der Waals surface area contributed by atoms with Crippen LogP contribution in [0.4, 0.5) is 29.3 Å². The number of alkyl halides is 3. The van der Waals surface area contributed by atoms with Gasteiger partial charge in [0.15, 0.2) is 0 Å². The largest absolute Gasteiger partial charge is 0.417 e. The quantitative estimate of drug-likeness (QED) is 0.234. The molecule has 2 amide bonds. The summed E-state index contributed by atoms with van der Waals surface area (Å²) in [6.07, 6.45) is 1.71. The fourth-order valence-electron chi connectivity index (χ4n) is 4.61. The first-order valence-corrected chi connectivity index (χ1v) is 13.2. The van der Waals surface area contributed by atoms with E-state index >= 15 is 0 Å². The lowest BCUT2D eigenvalue weighted by Gasteiger charge is -2.26. The Bertz CT molecular complexity index is 1470. The van der Waals surface area contributed by atoms with Gasteiger partial charge in [-0.15, -0.1) is 0 Å². The maximum atomic E-state index is 13.1. The van der Waals surface area contributed by atoms with E-state index < -0.39 is 22.8 Å². The van der Waals surface area contributed by atoms with Crippen LogP contribution in [0.3, 0.4) is 0 Å². The van der Waals surface area contributed by atoms with Gasteiger partial charge in [-0.05, 0) is 48.4 Å². The molecule has 0 bridgehead atoms. The van der Waals surface area contributed by atoms with Crippen LogP contribution in [0.2, 0.25) is 5.02 Å². The zero-order valence-corrected chi connectivity index (χ0v) is 22.2. The lowest BCUT2D eigenvalue weighted by atomic mass is 10.1. The first-order chi connectivity index (χ1) is 19.3. The number of nitrogens with one attached hydrogen (secondary N) is 3. The monoisotopic (exact) mass is 572 g/mol. The number of nitrogens with zero attached hydrogens (tertiary/aromatic N) is 3. The number of aromatic nitrogens is 2. The summed E-state index contributed by atoms with van der Waals surface area (Å²) in [6.45, 7) is 5.70. The number of hydrogen-bond acceptors (Lipinski definition) is 5. The van der Waals surface area contributed by atoms with Crippen LogP contribution >= 0.6 is 11.6 Å². The van der Waals surface area contributed by atoms with Gasteiger partial charge in [0, 0.05) is 67.4 Å². The van der Waals surface area contributed by atoms with Crippen LogP contribution in [0.5, 0.6) is 0 Å². The Morgan fingerprint density at radius 2 is 1.77 bits per heavy atom. The average Bonchev–Trinajstić information content (AvgIpc) is 3.31. The van der Waals surface area contributed by atoms with Crippen LogP contribution in [0, 0.1) is 0 Å². The standard InChI is InChI=1S/C28H28ClF3N6O2/c29-25-7-6-21(16-24(25)28(30,31)32)36-27(39)35-20-4-2-19(3-5-20)23-18-38(26-8-9-34-17-22(23)26)40-15-1-12-37-13-10-33-11-14-37/h2-9,16-18,33H,1,10-15H2,(H2,35,36,39). The number of pyridine rings is 1. The van der Waals surface area contributed by atoms with Gasteiger partial charge >= 0.3 is 12.2 Å². The highest BCUT2D eigenvalue weighted by Crippen LogP contribution is 2.36. The molecule has 210 valence electrons. The number of anilines is 2. The molecule has 0 atom stereocenters. The van der Waals surface area contributed by atoms with E-state index in [4.69, 9.17) is 16.4 Å². The van der Waals surface area contributed by atoms with Crippen LogP contribution in [0.1, 0.15) is 12.0 Å². The van der Waals surface area contributed by atoms with Crippen molar-refractivity contribution in [3.05, 3.63) is 77.7 Å². The first-order valence-electron chi connectivity index (χ1n) is 12.8. The molecule has 1 aliphatic rings. The highest BCUT2D eigenvalue weighted by Gasteiger charge is 2.33. The van der Waals surface area contributed by atoms with Crippen LogP contribution < -0.4 is 20.8 Å². The van der Waals surface area contributed by atoms with E-state index in [1.807, 2.05) is 24.4 Å². The zero-order valence-electron chi connectivity index (χ0n) is 21.5. The third-order valence-electron chi connectivity index (χ3n) is 6.61. The number of urea groups is 1. The van der Waals surface area contributed by atoms with Crippen molar-refractivity contribution in [1.29, 1.82) is 0 Å². The molecule has 0 aliphatic carbocycles. The molecule has 2 aromatic carbocycles. The Kier molecular flexibility index (Phi) is 8.43. The lowest BCUT2D eigenvalue weighted by Crippen LogP contribution is -2.44. The molecule has 0 radical (unpaired) electrons. The van der Waals surface area contributed by atoms with Gasteiger partial charge in [-0.25, -0.2) is 4.79 Å². The molecule has 12 heteroatoms. The first kappa shape index (κ1) is 27.8. The van der Waals surface area contributed by atoms with Crippen LogP contribution in [0.15, 0.2) is 67.1 Å². The minimum atomic E-state index is -4.63. The molecule has 0 spiro atoms. The molecular weight excluding hydrogens is 545 g/mol. The number of hydrogen-bond donors (Lipinski definition) is 3. The minimum absolute atomic E-state index is 0.0286. The molecule has 0 saturated carbocycles.